The lowest BCUT2D eigenvalue weighted by atomic mass is 9.97. The number of methoxy groups -OCH3 is 1. The van der Waals surface area contributed by atoms with Crippen molar-refractivity contribution in [1.82, 2.24) is 14.7 Å². The van der Waals surface area contributed by atoms with Crippen LogP contribution in [-0.2, 0) is 30.4 Å². The second kappa shape index (κ2) is 12.0. The zero-order valence-electron chi connectivity index (χ0n) is 20.2. The topological polar surface area (TPSA) is 90.7 Å². The summed E-state index contributed by atoms with van der Waals surface area (Å²) in [6.45, 7) is 1.13. The quantitative estimate of drug-likeness (QED) is 0.356. The molecule has 0 spiro atoms. The van der Waals surface area contributed by atoms with Gasteiger partial charge < -0.3 is 14.4 Å². The minimum Gasteiger partial charge on any atom is -0.469 e. The summed E-state index contributed by atoms with van der Waals surface area (Å²) in [4.78, 5) is 38.1. The molecule has 36 heavy (non-hydrogen) atoms. The number of hydrogen-bond acceptors (Lipinski definition) is 6. The standard InChI is InChI=1S/C28H29N3O5/c1-35-28(34)23-14-16-30(17-15-23)25(32)20-36-26(33)13-12-24-19-31(18-21-8-4-2-5-9-21)29-27(24)22-10-6-3-7-11-22/h2-13,19,23H,14-18,20H2,1H3/b13-12+. The maximum atomic E-state index is 12.4. The number of carbonyl (C=O) groups excluding carboxylic acids is 3. The first-order chi connectivity index (χ1) is 17.5. The van der Waals surface area contributed by atoms with Gasteiger partial charge in [-0.05, 0) is 24.5 Å². The van der Waals surface area contributed by atoms with Crippen molar-refractivity contribution >= 4 is 23.9 Å². The van der Waals surface area contributed by atoms with Crippen LogP contribution in [-0.4, -0.2) is 59.3 Å². The number of benzene rings is 2. The Morgan fingerprint density at radius 1 is 1.00 bits per heavy atom. The highest BCUT2D eigenvalue weighted by molar-refractivity contribution is 5.90. The van der Waals surface area contributed by atoms with Crippen molar-refractivity contribution in [1.29, 1.82) is 0 Å². The van der Waals surface area contributed by atoms with E-state index in [2.05, 4.69) is 0 Å². The van der Waals surface area contributed by atoms with Gasteiger partial charge in [-0.25, -0.2) is 4.79 Å². The minimum absolute atomic E-state index is 0.189. The highest BCUT2D eigenvalue weighted by Crippen LogP contribution is 2.24. The fourth-order valence-corrected chi connectivity index (χ4v) is 4.19. The molecule has 8 nitrogen and oxygen atoms in total. The van der Waals surface area contributed by atoms with E-state index in [0.717, 1.165) is 22.4 Å². The van der Waals surface area contributed by atoms with Crippen LogP contribution >= 0.6 is 0 Å². The van der Waals surface area contributed by atoms with E-state index in [1.165, 1.54) is 13.2 Å². The summed E-state index contributed by atoms with van der Waals surface area (Å²) in [5, 5.41) is 4.73. The number of carbonyl (C=O) groups is 3. The molecule has 2 aromatic carbocycles. The molecule has 3 aromatic rings. The van der Waals surface area contributed by atoms with Gasteiger partial charge in [0.25, 0.3) is 5.91 Å². The van der Waals surface area contributed by atoms with E-state index in [1.54, 1.807) is 11.0 Å². The summed E-state index contributed by atoms with van der Waals surface area (Å²) >= 11 is 0. The lowest BCUT2D eigenvalue weighted by Crippen LogP contribution is -2.42. The highest BCUT2D eigenvalue weighted by Gasteiger charge is 2.28. The molecule has 1 aromatic heterocycles. The first-order valence-electron chi connectivity index (χ1n) is 11.9. The van der Waals surface area contributed by atoms with Crippen LogP contribution in [0.4, 0.5) is 0 Å². The zero-order valence-corrected chi connectivity index (χ0v) is 20.2. The molecule has 0 saturated carbocycles. The average Bonchev–Trinajstić information content (AvgIpc) is 3.33. The number of esters is 2. The van der Waals surface area contributed by atoms with Crippen LogP contribution in [0.25, 0.3) is 17.3 Å². The summed E-state index contributed by atoms with van der Waals surface area (Å²) in [5.74, 6) is -1.32. The number of rotatable bonds is 8. The van der Waals surface area contributed by atoms with Crippen LogP contribution in [0.3, 0.4) is 0 Å². The summed E-state index contributed by atoms with van der Waals surface area (Å²) in [6, 6.07) is 19.7. The molecule has 1 aliphatic heterocycles. The van der Waals surface area contributed by atoms with Gasteiger partial charge in [0.2, 0.25) is 0 Å². The third-order valence-electron chi connectivity index (χ3n) is 6.14. The van der Waals surface area contributed by atoms with Crippen molar-refractivity contribution in [3.63, 3.8) is 0 Å². The number of aromatic nitrogens is 2. The SMILES string of the molecule is COC(=O)C1CCN(C(=O)COC(=O)/C=C/c2cn(Cc3ccccc3)nc2-c2ccccc2)CC1. The van der Waals surface area contributed by atoms with Crippen LogP contribution in [0, 0.1) is 5.92 Å². The van der Waals surface area contributed by atoms with E-state index in [9.17, 15) is 14.4 Å². The van der Waals surface area contributed by atoms with Gasteiger partial charge in [-0.1, -0.05) is 60.7 Å². The van der Waals surface area contributed by atoms with Crippen molar-refractivity contribution in [2.75, 3.05) is 26.8 Å². The smallest absolute Gasteiger partial charge is 0.331 e. The van der Waals surface area contributed by atoms with Gasteiger partial charge in [-0.15, -0.1) is 0 Å². The Morgan fingerprint density at radius 2 is 1.67 bits per heavy atom. The summed E-state index contributed by atoms with van der Waals surface area (Å²) in [7, 11) is 1.37. The molecule has 1 fully saturated rings. The molecule has 186 valence electrons. The van der Waals surface area contributed by atoms with Crippen LogP contribution in [0.2, 0.25) is 0 Å². The Kier molecular flexibility index (Phi) is 8.28. The maximum Gasteiger partial charge on any atom is 0.331 e. The molecule has 2 heterocycles. The molecule has 8 heteroatoms. The van der Waals surface area contributed by atoms with Crippen LogP contribution in [0.5, 0.6) is 0 Å². The van der Waals surface area contributed by atoms with Crippen molar-refractivity contribution in [3.05, 3.63) is 84.1 Å². The summed E-state index contributed by atoms with van der Waals surface area (Å²) in [6.07, 6.45) is 5.94. The molecule has 0 bridgehead atoms. The van der Waals surface area contributed by atoms with Gasteiger partial charge in [0.05, 0.1) is 25.3 Å². The predicted molar refractivity (Wildman–Crippen MR) is 135 cm³/mol. The largest absolute Gasteiger partial charge is 0.469 e. The number of likely N-dealkylation sites (tertiary alicyclic amines) is 1. The fourth-order valence-electron chi connectivity index (χ4n) is 4.19. The lowest BCUT2D eigenvalue weighted by Gasteiger charge is -2.30. The molecule has 0 aliphatic carbocycles. The van der Waals surface area contributed by atoms with Gasteiger partial charge >= 0.3 is 11.9 Å². The van der Waals surface area contributed by atoms with E-state index >= 15 is 0 Å². The summed E-state index contributed by atoms with van der Waals surface area (Å²) in [5.41, 5.74) is 3.57. The van der Waals surface area contributed by atoms with Crippen LogP contribution in [0.15, 0.2) is 72.9 Å². The molecule has 1 aliphatic rings. The Balaban J connectivity index is 1.37. The Morgan fingerprint density at radius 3 is 2.33 bits per heavy atom. The normalized spacial score (nSPS) is 14.1. The number of piperidine rings is 1. The molecule has 1 saturated heterocycles. The van der Waals surface area contributed by atoms with Gasteiger partial charge in [-0.2, -0.15) is 5.10 Å². The first-order valence-corrected chi connectivity index (χ1v) is 11.9. The second-order valence-electron chi connectivity index (χ2n) is 8.60. The molecule has 1 amide bonds. The average molecular weight is 488 g/mol. The van der Waals surface area contributed by atoms with E-state index in [0.29, 0.717) is 32.5 Å². The molecule has 0 N–H and O–H groups in total. The predicted octanol–water partition coefficient (Wildman–Crippen LogP) is 3.57. The Hall–Kier alpha value is -4.20. The Bertz CT molecular complexity index is 1210. The molecule has 4 rings (SSSR count). The third-order valence-corrected chi connectivity index (χ3v) is 6.14. The number of ether oxygens (including phenoxy) is 2. The number of hydrogen-bond donors (Lipinski definition) is 0. The van der Waals surface area contributed by atoms with Gasteiger partial charge in [-0.3, -0.25) is 14.3 Å². The first kappa shape index (κ1) is 24.9. The molecule has 0 unspecified atom stereocenters. The highest BCUT2D eigenvalue weighted by atomic mass is 16.5. The number of nitrogens with zero attached hydrogens (tertiary/aromatic N) is 3. The van der Waals surface area contributed by atoms with Crippen molar-refractivity contribution < 1.29 is 23.9 Å². The maximum absolute atomic E-state index is 12.4. The van der Waals surface area contributed by atoms with Crippen molar-refractivity contribution in [2.45, 2.75) is 19.4 Å². The minimum atomic E-state index is -0.609. The monoisotopic (exact) mass is 487 g/mol. The van der Waals surface area contributed by atoms with E-state index in [1.807, 2.05) is 71.5 Å². The number of amides is 1. The third kappa shape index (κ3) is 6.47. The Labute approximate surface area is 210 Å². The van der Waals surface area contributed by atoms with Gasteiger partial charge in [0, 0.05) is 36.5 Å². The van der Waals surface area contributed by atoms with E-state index < -0.39 is 5.97 Å². The summed E-state index contributed by atoms with van der Waals surface area (Å²) < 4.78 is 11.8. The molecular weight excluding hydrogens is 458 g/mol. The van der Waals surface area contributed by atoms with Gasteiger partial charge in [0.1, 0.15) is 0 Å². The molecular formula is C28H29N3O5. The van der Waals surface area contributed by atoms with Crippen molar-refractivity contribution in [2.24, 2.45) is 5.92 Å². The second-order valence-corrected chi connectivity index (χ2v) is 8.60. The zero-order chi connectivity index (χ0) is 25.3. The van der Waals surface area contributed by atoms with E-state index in [-0.39, 0.29) is 24.4 Å². The van der Waals surface area contributed by atoms with E-state index in [4.69, 9.17) is 14.6 Å². The van der Waals surface area contributed by atoms with Crippen molar-refractivity contribution in [3.8, 4) is 11.3 Å². The van der Waals surface area contributed by atoms with Gasteiger partial charge in [0.15, 0.2) is 6.61 Å². The lowest BCUT2D eigenvalue weighted by molar-refractivity contribution is -0.151. The molecule has 0 radical (unpaired) electrons. The fraction of sp³-hybridized carbons (Fsp3) is 0.286. The van der Waals surface area contributed by atoms with Crippen LogP contribution < -0.4 is 0 Å². The van der Waals surface area contributed by atoms with Crippen LogP contribution in [0.1, 0.15) is 24.0 Å². The molecule has 0 atom stereocenters.